The summed E-state index contributed by atoms with van der Waals surface area (Å²) in [6, 6.07) is 4.15. The molecule has 1 aromatic carbocycles. The Morgan fingerprint density at radius 1 is 1.50 bits per heavy atom. The molecular formula is C11H14ClF2N3O. The van der Waals surface area contributed by atoms with Crippen LogP contribution in [0.4, 0.5) is 19.3 Å². The number of nitrogens with one attached hydrogen (secondary N) is 2. The number of hydrogen-bond donors (Lipinski definition) is 3. The third kappa shape index (κ3) is 4.46. The molecule has 0 saturated heterocycles. The van der Waals surface area contributed by atoms with E-state index >= 15 is 0 Å². The Kier molecular flexibility index (Phi) is 4.86. The molecule has 0 heterocycles. The zero-order valence-electron chi connectivity index (χ0n) is 9.77. The summed E-state index contributed by atoms with van der Waals surface area (Å²) < 4.78 is 25.6. The summed E-state index contributed by atoms with van der Waals surface area (Å²) in [7, 11) is 0. The molecule has 1 rings (SSSR count). The molecule has 0 atom stereocenters. The number of benzene rings is 1. The second-order valence-corrected chi connectivity index (χ2v) is 4.24. The Hall–Kier alpha value is -1.40. The highest BCUT2D eigenvalue weighted by molar-refractivity contribution is 6.31. The van der Waals surface area contributed by atoms with Gasteiger partial charge in [-0.05, 0) is 24.6 Å². The number of nitrogens with two attached hydrogens (primary N) is 1. The molecule has 0 radical (unpaired) electrons. The van der Waals surface area contributed by atoms with Gasteiger partial charge < -0.3 is 16.4 Å². The summed E-state index contributed by atoms with van der Waals surface area (Å²) in [4.78, 5) is 11.3. The van der Waals surface area contributed by atoms with E-state index in [-0.39, 0.29) is 0 Å². The van der Waals surface area contributed by atoms with E-state index in [0.717, 1.165) is 5.56 Å². The van der Waals surface area contributed by atoms with Crippen molar-refractivity contribution in [3.8, 4) is 0 Å². The van der Waals surface area contributed by atoms with Crippen LogP contribution in [0.25, 0.3) is 0 Å². The van der Waals surface area contributed by atoms with Gasteiger partial charge in [0.1, 0.15) is 0 Å². The molecule has 0 aliphatic carbocycles. The van der Waals surface area contributed by atoms with Crippen LogP contribution in [-0.2, 0) is 0 Å². The summed E-state index contributed by atoms with van der Waals surface area (Å²) >= 11 is 5.86. The Bertz CT molecular complexity index is 440. The number of rotatable bonds is 4. The predicted molar refractivity (Wildman–Crippen MR) is 67.2 cm³/mol. The van der Waals surface area contributed by atoms with Gasteiger partial charge in [-0.15, -0.1) is 0 Å². The van der Waals surface area contributed by atoms with Crippen molar-refractivity contribution in [1.29, 1.82) is 0 Å². The van der Waals surface area contributed by atoms with Crippen molar-refractivity contribution >= 4 is 23.3 Å². The van der Waals surface area contributed by atoms with Crippen molar-refractivity contribution < 1.29 is 13.6 Å². The van der Waals surface area contributed by atoms with Gasteiger partial charge in [-0.25, -0.2) is 13.6 Å². The molecule has 0 aromatic heterocycles. The summed E-state index contributed by atoms with van der Waals surface area (Å²) in [5.74, 6) is -3.11. The SMILES string of the molecule is Cc1ccc(NC(=O)NCC(F)(F)CN)cc1Cl. The Morgan fingerprint density at radius 3 is 2.72 bits per heavy atom. The van der Waals surface area contributed by atoms with Gasteiger partial charge in [0.2, 0.25) is 0 Å². The first kappa shape index (κ1) is 14.7. The molecule has 4 nitrogen and oxygen atoms in total. The van der Waals surface area contributed by atoms with Gasteiger partial charge in [-0.2, -0.15) is 0 Å². The smallest absolute Gasteiger partial charge is 0.319 e. The molecule has 1 aromatic rings. The van der Waals surface area contributed by atoms with Crippen molar-refractivity contribution in [3.63, 3.8) is 0 Å². The van der Waals surface area contributed by atoms with Gasteiger partial charge in [0.15, 0.2) is 0 Å². The highest BCUT2D eigenvalue weighted by Crippen LogP contribution is 2.19. The van der Waals surface area contributed by atoms with Gasteiger partial charge in [0, 0.05) is 10.7 Å². The molecule has 0 fully saturated rings. The van der Waals surface area contributed by atoms with Crippen LogP contribution in [0.15, 0.2) is 18.2 Å². The first-order valence-corrected chi connectivity index (χ1v) is 5.61. The monoisotopic (exact) mass is 277 g/mol. The van der Waals surface area contributed by atoms with E-state index in [1.807, 2.05) is 12.2 Å². The van der Waals surface area contributed by atoms with E-state index in [1.54, 1.807) is 12.1 Å². The van der Waals surface area contributed by atoms with Crippen LogP contribution in [0, 0.1) is 6.92 Å². The van der Waals surface area contributed by atoms with Crippen LogP contribution in [0.2, 0.25) is 5.02 Å². The van der Waals surface area contributed by atoms with Gasteiger partial charge >= 0.3 is 6.03 Å². The van der Waals surface area contributed by atoms with Crippen LogP contribution in [0.5, 0.6) is 0 Å². The molecule has 4 N–H and O–H groups in total. The summed E-state index contributed by atoms with van der Waals surface area (Å²) in [5, 5.41) is 4.92. The normalized spacial score (nSPS) is 11.2. The molecule has 2 amide bonds. The molecule has 0 unspecified atom stereocenters. The lowest BCUT2D eigenvalue weighted by Gasteiger charge is -2.15. The van der Waals surface area contributed by atoms with Crippen molar-refractivity contribution in [2.45, 2.75) is 12.8 Å². The van der Waals surface area contributed by atoms with Gasteiger partial charge in [0.05, 0.1) is 13.1 Å². The fraction of sp³-hybridized carbons (Fsp3) is 0.364. The van der Waals surface area contributed by atoms with Crippen LogP contribution in [-0.4, -0.2) is 25.0 Å². The third-order valence-electron chi connectivity index (χ3n) is 2.24. The number of urea groups is 1. The lowest BCUT2D eigenvalue weighted by Crippen LogP contribution is -2.43. The fourth-order valence-corrected chi connectivity index (χ4v) is 1.31. The standard InChI is InChI=1S/C11H14ClF2N3O/c1-7-2-3-8(4-9(7)12)17-10(18)16-6-11(13,14)5-15/h2-4H,5-6,15H2,1H3,(H2,16,17,18). The van der Waals surface area contributed by atoms with E-state index in [0.29, 0.717) is 10.7 Å². The number of hydrogen-bond acceptors (Lipinski definition) is 2. The first-order chi connectivity index (χ1) is 8.34. The zero-order chi connectivity index (χ0) is 13.8. The highest BCUT2D eigenvalue weighted by atomic mass is 35.5. The van der Waals surface area contributed by atoms with Gasteiger partial charge in [0.25, 0.3) is 5.92 Å². The van der Waals surface area contributed by atoms with E-state index < -0.39 is 25.0 Å². The first-order valence-electron chi connectivity index (χ1n) is 5.23. The number of anilines is 1. The van der Waals surface area contributed by atoms with Crippen molar-refractivity contribution in [3.05, 3.63) is 28.8 Å². The van der Waals surface area contributed by atoms with Crippen LogP contribution in [0.1, 0.15) is 5.56 Å². The second-order valence-electron chi connectivity index (χ2n) is 3.83. The minimum absolute atomic E-state index is 0.430. The molecule has 0 spiro atoms. The molecule has 7 heteroatoms. The minimum Gasteiger partial charge on any atom is -0.332 e. The number of amides is 2. The van der Waals surface area contributed by atoms with Crippen molar-refractivity contribution in [2.75, 3.05) is 18.4 Å². The average Bonchev–Trinajstić information content (AvgIpc) is 2.32. The third-order valence-corrected chi connectivity index (χ3v) is 2.64. The van der Waals surface area contributed by atoms with Crippen molar-refractivity contribution in [1.82, 2.24) is 5.32 Å². The lowest BCUT2D eigenvalue weighted by molar-refractivity contribution is 0.0148. The largest absolute Gasteiger partial charge is 0.332 e. The molecule has 18 heavy (non-hydrogen) atoms. The van der Waals surface area contributed by atoms with E-state index in [2.05, 4.69) is 5.32 Å². The average molecular weight is 278 g/mol. The molecular weight excluding hydrogens is 264 g/mol. The number of carbonyl (C=O) groups is 1. The van der Waals surface area contributed by atoms with Gasteiger partial charge in [-0.3, -0.25) is 0 Å². The predicted octanol–water partition coefficient (Wildman–Crippen LogP) is 2.36. The molecule has 0 aliphatic rings. The van der Waals surface area contributed by atoms with E-state index in [1.165, 1.54) is 6.07 Å². The zero-order valence-corrected chi connectivity index (χ0v) is 10.5. The number of alkyl halides is 2. The maximum atomic E-state index is 12.8. The number of aryl methyl sites for hydroxylation is 1. The molecule has 0 saturated carbocycles. The topological polar surface area (TPSA) is 67.2 Å². The Morgan fingerprint density at radius 2 is 2.17 bits per heavy atom. The Balaban J connectivity index is 2.52. The number of carbonyl (C=O) groups excluding carboxylic acids is 1. The quantitative estimate of drug-likeness (QED) is 0.791. The van der Waals surface area contributed by atoms with Gasteiger partial charge in [-0.1, -0.05) is 17.7 Å². The summed E-state index contributed by atoms with van der Waals surface area (Å²) in [6.07, 6.45) is 0. The maximum absolute atomic E-state index is 12.8. The fourth-order valence-electron chi connectivity index (χ4n) is 1.13. The lowest BCUT2D eigenvalue weighted by atomic mass is 10.2. The van der Waals surface area contributed by atoms with E-state index in [4.69, 9.17) is 17.3 Å². The second kappa shape index (κ2) is 5.97. The number of halogens is 3. The van der Waals surface area contributed by atoms with Crippen LogP contribution in [0.3, 0.4) is 0 Å². The molecule has 100 valence electrons. The van der Waals surface area contributed by atoms with Crippen molar-refractivity contribution in [2.24, 2.45) is 5.73 Å². The van der Waals surface area contributed by atoms with Crippen LogP contribution >= 0.6 is 11.6 Å². The maximum Gasteiger partial charge on any atom is 0.319 e. The summed E-state index contributed by atoms with van der Waals surface area (Å²) in [5.41, 5.74) is 6.13. The summed E-state index contributed by atoms with van der Waals surface area (Å²) in [6.45, 7) is 0.187. The molecule has 0 bridgehead atoms. The van der Waals surface area contributed by atoms with Crippen LogP contribution < -0.4 is 16.4 Å². The minimum atomic E-state index is -3.11. The highest BCUT2D eigenvalue weighted by Gasteiger charge is 2.27. The van der Waals surface area contributed by atoms with E-state index in [9.17, 15) is 13.6 Å². The Labute approximate surface area is 108 Å². The molecule has 0 aliphatic heterocycles.